The maximum atomic E-state index is 5.18. The van der Waals surface area contributed by atoms with Crippen LogP contribution in [0, 0.1) is 0 Å². The Labute approximate surface area is 81.9 Å². The molecule has 1 aromatic rings. The second kappa shape index (κ2) is 4.51. The molecule has 66 valence electrons. The van der Waals surface area contributed by atoms with Crippen LogP contribution in [0.25, 0.3) is 0 Å². The van der Waals surface area contributed by atoms with Crippen molar-refractivity contribution in [3.8, 4) is 5.75 Å². The van der Waals surface area contributed by atoms with E-state index in [9.17, 15) is 0 Å². The van der Waals surface area contributed by atoms with Gasteiger partial charge in [0.2, 0.25) is 0 Å². The molecule has 12 heavy (non-hydrogen) atoms. The number of aryl methyl sites for hydroxylation is 1. The van der Waals surface area contributed by atoms with E-state index in [-0.39, 0.29) is 0 Å². The standard InChI is InChI=1S/C10H13BrO/c1-3-8-4-9(7-11)6-10(5-8)12-2/h4-6H,3,7H2,1-2H3. The highest BCUT2D eigenvalue weighted by molar-refractivity contribution is 9.08. The molecule has 2 heteroatoms. The zero-order valence-electron chi connectivity index (χ0n) is 7.43. The van der Waals surface area contributed by atoms with Gasteiger partial charge in [0.1, 0.15) is 5.75 Å². The average molecular weight is 229 g/mol. The lowest BCUT2D eigenvalue weighted by Crippen LogP contribution is -1.89. The van der Waals surface area contributed by atoms with Crippen molar-refractivity contribution in [2.45, 2.75) is 18.7 Å². The third-order valence-corrected chi connectivity index (χ3v) is 2.47. The van der Waals surface area contributed by atoms with Crippen LogP contribution in [0.2, 0.25) is 0 Å². The maximum Gasteiger partial charge on any atom is 0.119 e. The quantitative estimate of drug-likeness (QED) is 0.723. The molecule has 1 rings (SSSR count). The molecule has 0 aliphatic heterocycles. The Morgan fingerprint density at radius 1 is 1.25 bits per heavy atom. The van der Waals surface area contributed by atoms with E-state index in [2.05, 4.69) is 35.0 Å². The number of hydrogen-bond donors (Lipinski definition) is 0. The fourth-order valence-electron chi connectivity index (χ4n) is 1.13. The van der Waals surface area contributed by atoms with Crippen LogP contribution in [0.1, 0.15) is 18.1 Å². The van der Waals surface area contributed by atoms with Gasteiger partial charge in [0, 0.05) is 5.33 Å². The molecular formula is C10H13BrO. The number of ether oxygens (including phenoxy) is 1. The van der Waals surface area contributed by atoms with Gasteiger partial charge < -0.3 is 4.74 Å². The zero-order valence-corrected chi connectivity index (χ0v) is 9.02. The van der Waals surface area contributed by atoms with Crippen molar-refractivity contribution >= 4 is 15.9 Å². The van der Waals surface area contributed by atoms with Crippen LogP contribution >= 0.6 is 15.9 Å². The van der Waals surface area contributed by atoms with E-state index in [1.54, 1.807) is 7.11 Å². The van der Waals surface area contributed by atoms with Crippen molar-refractivity contribution in [3.63, 3.8) is 0 Å². The predicted molar refractivity (Wildman–Crippen MR) is 55.0 cm³/mol. The van der Waals surface area contributed by atoms with Gasteiger partial charge in [0.05, 0.1) is 7.11 Å². The largest absolute Gasteiger partial charge is 0.497 e. The minimum absolute atomic E-state index is 0.886. The molecule has 0 bridgehead atoms. The van der Waals surface area contributed by atoms with E-state index in [1.807, 2.05) is 6.07 Å². The predicted octanol–water partition coefficient (Wildman–Crippen LogP) is 3.15. The summed E-state index contributed by atoms with van der Waals surface area (Å²) in [7, 11) is 1.70. The van der Waals surface area contributed by atoms with Crippen molar-refractivity contribution in [1.29, 1.82) is 0 Å². The molecule has 0 fully saturated rings. The lowest BCUT2D eigenvalue weighted by molar-refractivity contribution is 0.414. The zero-order chi connectivity index (χ0) is 8.97. The van der Waals surface area contributed by atoms with Gasteiger partial charge in [0.15, 0.2) is 0 Å². The Morgan fingerprint density at radius 3 is 2.42 bits per heavy atom. The molecule has 0 amide bonds. The summed E-state index contributed by atoms with van der Waals surface area (Å²) in [4.78, 5) is 0. The van der Waals surface area contributed by atoms with Gasteiger partial charge in [-0.25, -0.2) is 0 Å². The van der Waals surface area contributed by atoms with Gasteiger partial charge in [0.25, 0.3) is 0 Å². The van der Waals surface area contributed by atoms with E-state index in [0.717, 1.165) is 17.5 Å². The Hall–Kier alpha value is -0.500. The number of halogens is 1. The highest BCUT2D eigenvalue weighted by Gasteiger charge is 1.98. The summed E-state index contributed by atoms with van der Waals surface area (Å²) in [6, 6.07) is 6.32. The molecule has 0 aliphatic rings. The first-order valence-corrected chi connectivity index (χ1v) is 5.15. The summed E-state index contributed by atoms with van der Waals surface area (Å²) in [6.07, 6.45) is 1.05. The third-order valence-electron chi connectivity index (χ3n) is 1.82. The van der Waals surface area contributed by atoms with Gasteiger partial charge in [-0.1, -0.05) is 28.9 Å². The first-order chi connectivity index (χ1) is 5.80. The van der Waals surface area contributed by atoms with Gasteiger partial charge in [-0.3, -0.25) is 0 Å². The van der Waals surface area contributed by atoms with Crippen molar-refractivity contribution in [1.82, 2.24) is 0 Å². The van der Waals surface area contributed by atoms with Crippen LogP contribution in [0.5, 0.6) is 5.75 Å². The fraction of sp³-hybridized carbons (Fsp3) is 0.400. The second-order valence-electron chi connectivity index (χ2n) is 2.68. The molecule has 0 atom stereocenters. The monoisotopic (exact) mass is 228 g/mol. The normalized spacial score (nSPS) is 9.92. The van der Waals surface area contributed by atoms with Crippen LogP contribution in [0.3, 0.4) is 0 Å². The van der Waals surface area contributed by atoms with Crippen LogP contribution in [0.4, 0.5) is 0 Å². The number of benzene rings is 1. The van der Waals surface area contributed by atoms with E-state index in [0.29, 0.717) is 0 Å². The molecule has 0 saturated heterocycles. The first-order valence-electron chi connectivity index (χ1n) is 4.03. The van der Waals surface area contributed by atoms with Crippen LogP contribution in [0.15, 0.2) is 18.2 Å². The molecular weight excluding hydrogens is 216 g/mol. The summed E-state index contributed by atoms with van der Waals surface area (Å²) in [5.74, 6) is 0.948. The van der Waals surface area contributed by atoms with Crippen molar-refractivity contribution < 1.29 is 4.74 Å². The van der Waals surface area contributed by atoms with Gasteiger partial charge in [-0.05, 0) is 29.7 Å². The third kappa shape index (κ3) is 2.24. The lowest BCUT2D eigenvalue weighted by Gasteiger charge is -2.05. The van der Waals surface area contributed by atoms with Gasteiger partial charge >= 0.3 is 0 Å². The van der Waals surface area contributed by atoms with Crippen LogP contribution in [-0.2, 0) is 11.8 Å². The van der Waals surface area contributed by atoms with E-state index < -0.39 is 0 Å². The smallest absolute Gasteiger partial charge is 0.119 e. The molecule has 1 aromatic carbocycles. The SMILES string of the molecule is CCc1cc(CBr)cc(OC)c1. The first kappa shape index (κ1) is 9.59. The van der Waals surface area contributed by atoms with Crippen LogP contribution in [-0.4, -0.2) is 7.11 Å². The van der Waals surface area contributed by atoms with Crippen molar-refractivity contribution in [2.75, 3.05) is 7.11 Å². The summed E-state index contributed by atoms with van der Waals surface area (Å²) in [5, 5.41) is 0.886. The highest BCUT2D eigenvalue weighted by Crippen LogP contribution is 2.18. The maximum absolute atomic E-state index is 5.18. The summed E-state index contributed by atoms with van der Waals surface area (Å²) in [5.41, 5.74) is 2.59. The van der Waals surface area contributed by atoms with Gasteiger partial charge in [-0.15, -0.1) is 0 Å². The molecule has 0 spiro atoms. The Morgan fingerprint density at radius 2 is 1.92 bits per heavy atom. The minimum atomic E-state index is 0.886. The molecule has 0 aromatic heterocycles. The van der Waals surface area contributed by atoms with Crippen molar-refractivity contribution in [2.24, 2.45) is 0 Å². The highest BCUT2D eigenvalue weighted by atomic mass is 79.9. The molecule has 0 aliphatic carbocycles. The van der Waals surface area contributed by atoms with Gasteiger partial charge in [-0.2, -0.15) is 0 Å². The minimum Gasteiger partial charge on any atom is -0.497 e. The fourth-order valence-corrected chi connectivity index (χ4v) is 1.45. The summed E-state index contributed by atoms with van der Waals surface area (Å²) < 4.78 is 5.18. The molecule has 0 N–H and O–H groups in total. The second-order valence-corrected chi connectivity index (χ2v) is 3.24. The van der Waals surface area contributed by atoms with E-state index in [1.165, 1.54) is 11.1 Å². The average Bonchev–Trinajstić information content (AvgIpc) is 2.16. The molecule has 0 heterocycles. The Bertz CT molecular complexity index is 203. The molecule has 0 radical (unpaired) electrons. The van der Waals surface area contributed by atoms with E-state index in [4.69, 9.17) is 4.74 Å². The lowest BCUT2D eigenvalue weighted by atomic mass is 10.1. The Balaban J connectivity index is 3.01. The summed E-state index contributed by atoms with van der Waals surface area (Å²) >= 11 is 3.43. The number of rotatable bonds is 3. The topological polar surface area (TPSA) is 9.23 Å². The van der Waals surface area contributed by atoms with E-state index >= 15 is 0 Å². The van der Waals surface area contributed by atoms with Crippen molar-refractivity contribution in [3.05, 3.63) is 29.3 Å². The van der Waals surface area contributed by atoms with Crippen LogP contribution < -0.4 is 4.74 Å². The number of hydrogen-bond acceptors (Lipinski definition) is 1. The number of methoxy groups -OCH3 is 1. The molecule has 0 unspecified atom stereocenters. The molecule has 1 nitrogen and oxygen atoms in total. The molecule has 0 saturated carbocycles. The summed E-state index contributed by atoms with van der Waals surface area (Å²) in [6.45, 7) is 2.15. The number of alkyl halides is 1. The Kier molecular flexibility index (Phi) is 3.60.